The predicted octanol–water partition coefficient (Wildman–Crippen LogP) is 3.45. The fourth-order valence-electron chi connectivity index (χ4n) is 3.84. The monoisotopic (exact) mass is 434 g/mol. The number of hydrogen-bond acceptors (Lipinski definition) is 4. The molecule has 2 aromatic rings. The Morgan fingerprint density at radius 1 is 1.13 bits per heavy atom. The van der Waals surface area contributed by atoms with Crippen LogP contribution in [0, 0.1) is 11.7 Å². The summed E-state index contributed by atoms with van der Waals surface area (Å²) in [5.41, 5.74) is 0.912. The van der Waals surface area contributed by atoms with E-state index in [1.54, 1.807) is 19.1 Å². The zero-order valence-electron chi connectivity index (χ0n) is 17.4. The summed E-state index contributed by atoms with van der Waals surface area (Å²) in [6.45, 7) is 2.31. The van der Waals surface area contributed by atoms with E-state index >= 15 is 0 Å². The molecule has 1 aliphatic heterocycles. The SMILES string of the molecule is COc1ccccc1C(C)N(C)C(=O)C1CCN(S(=O)(=O)c2ccccc2F)CC1. The van der Waals surface area contributed by atoms with Crippen LogP contribution in [0.4, 0.5) is 4.39 Å². The lowest BCUT2D eigenvalue weighted by molar-refractivity contribution is -0.137. The van der Waals surface area contributed by atoms with E-state index < -0.39 is 15.8 Å². The Balaban J connectivity index is 1.67. The van der Waals surface area contributed by atoms with Gasteiger partial charge in [0, 0.05) is 31.6 Å². The summed E-state index contributed by atoms with van der Waals surface area (Å²) < 4.78 is 46.2. The van der Waals surface area contributed by atoms with Crippen molar-refractivity contribution in [2.45, 2.75) is 30.7 Å². The van der Waals surface area contributed by atoms with Gasteiger partial charge in [-0.1, -0.05) is 30.3 Å². The van der Waals surface area contributed by atoms with Crippen LogP contribution >= 0.6 is 0 Å². The van der Waals surface area contributed by atoms with Crippen LogP contribution in [0.3, 0.4) is 0 Å². The Kier molecular flexibility index (Phi) is 6.77. The summed E-state index contributed by atoms with van der Waals surface area (Å²) in [5.74, 6) is -0.355. The molecular weight excluding hydrogens is 407 g/mol. The first-order valence-corrected chi connectivity index (χ1v) is 11.4. The lowest BCUT2D eigenvalue weighted by Gasteiger charge is -2.34. The van der Waals surface area contributed by atoms with Crippen LogP contribution < -0.4 is 4.74 Å². The first kappa shape index (κ1) is 22.2. The summed E-state index contributed by atoms with van der Waals surface area (Å²) in [6.07, 6.45) is 0.797. The highest BCUT2D eigenvalue weighted by molar-refractivity contribution is 7.89. The summed E-state index contributed by atoms with van der Waals surface area (Å²) in [5, 5.41) is 0. The van der Waals surface area contributed by atoms with Gasteiger partial charge in [-0.25, -0.2) is 12.8 Å². The predicted molar refractivity (Wildman–Crippen MR) is 112 cm³/mol. The number of benzene rings is 2. The fraction of sp³-hybridized carbons (Fsp3) is 0.409. The van der Waals surface area contributed by atoms with Crippen LogP contribution in [-0.4, -0.2) is 50.8 Å². The first-order chi connectivity index (χ1) is 14.3. The van der Waals surface area contributed by atoms with E-state index in [-0.39, 0.29) is 35.9 Å². The number of carbonyl (C=O) groups is 1. The van der Waals surface area contributed by atoms with Crippen LogP contribution in [0.15, 0.2) is 53.4 Å². The lowest BCUT2D eigenvalue weighted by atomic mass is 9.95. The molecule has 1 fully saturated rings. The molecule has 1 saturated heterocycles. The molecule has 0 N–H and O–H groups in total. The molecule has 1 atom stereocenters. The highest BCUT2D eigenvalue weighted by atomic mass is 32.2. The maximum Gasteiger partial charge on any atom is 0.245 e. The second-order valence-electron chi connectivity index (χ2n) is 7.48. The highest BCUT2D eigenvalue weighted by Crippen LogP contribution is 2.31. The maximum absolute atomic E-state index is 14.0. The Hall–Kier alpha value is -2.45. The summed E-state index contributed by atoms with van der Waals surface area (Å²) in [4.78, 5) is 14.4. The Labute approximate surface area is 177 Å². The Bertz CT molecular complexity index is 1000. The van der Waals surface area contributed by atoms with Crippen LogP contribution in [0.5, 0.6) is 5.75 Å². The minimum atomic E-state index is -3.91. The topological polar surface area (TPSA) is 66.9 Å². The minimum absolute atomic E-state index is 0.0312. The number of piperidine rings is 1. The van der Waals surface area contributed by atoms with Gasteiger partial charge in [0.2, 0.25) is 15.9 Å². The van der Waals surface area contributed by atoms with Gasteiger partial charge >= 0.3 is 0 Å². The highest BCUT2D eigenvalue weighted by Gasteiger charge is 2.35. The molecule has 6 nitrogen and oxygen atoms in total. The van der Waals surface area contributed by atoms with Crippen LogP contribution in [0.25, 0.3) is 0 Å². The molecule has 2 aromatic carbocycles. The van der Waals surface area contributed by atoms with Gasteiger partial charge in [0.15, 0.2) is 0 Å². The van der Waals surface area contributed by atoms with E-state index in [9.17, 15) is 17.6 Å². The van der Waals surface area contributed by atoms with E-state index in [1.165, 1.54) is 22.5 Å². The average molecular weight is 435 g/mol. The summed E-state index contributed by atoms with van der Waals surface area (Å²) in [7, 11) is -0.565. The number of rotatable bonds is 6. The van der Waals surface area contributed by atoms with E-state index in [0.717, 1.165) is 17.4 Å². The lowest BCUT2D eigenvalue weighted by Crippen LogP contribution is -2.44. The Morgan fingerprint density at radius 3 is 2.37 bits per heavy atom. The molecule has 162 valence electrons. The molecule has 0 saturated carbocycles. The van der Waals surface area contributed by atoms with E-state index in [1.807, 2.05) is 31.2 Å². The van der Waals surface area contributed by atoms with Crippen molar-refractivity contribution in [2.75, 3.05) is 27.2 Å². The molecule has 0 aliphatic carbocycles. The van der Waals surface area contributed by atoms with Crippen molar-refractivity contribution in [3.63, 3.8) is 0 Å². The molecule has 0 bridgehead atoms. The van der Waals surface area contributed by atoms with Crippen molar-refractivity contribution in [1.82, 2.24) is 9.21 Å². The number of hydrogen-bond donors (Lipinski definition) is 0. The number of methoxy groups -OCH3 is 1. The van der Waals surface area contributed by atoms with Crippen molar-refractivity contribution in [1.29, 1.82) is 0 Å². The van der Waals surface area contributed by atoms with Crippen molar-refractivity contribution in [3.8, 4) is 5.75 Å². The van der Waals surface area contributed by atoms with E-state index in [0.29, 0.717) is 12.8 Å². The van der Waals surface area contributed by atoms with Gasteiger partial charge in [-0.2, -0.15) is 4.31 Å². The first-order valence-electron chi connectivity index (χ1n) is 9.91. The molecule has 30 heavy (non-hydrogen) atoms. The van der Waals surface area contributed by atoms with Gasteiger partial charge in [-0.05, 0) is 38.0 Å². The van der Waals surface area contributed by atoms with Gasteiger partial charge < -0.3 is 9.64 Å². The molecule has 0 radical (unpaired) electrons. The Morgan fingerprint density at radius 2 is 1.73 bits per heavy atom. The third-order valence-corrected chi connectivity index (χ3v) is 7.71. The summed E-state index contributed by atoms with van der Waals surface area (Å²) >= 11 is 0. The van der Waals surface area contributed by atoms with Gasteiger partial charge in [0.05, 0.1) is 13.2 Å². The number of para-hydroxylation sites is 1. The van der Waals surface area contributed by atoms with Crippen molar-refractivity contribution in [2.24, 2.45) is 5.92 Å². The molecule has 1 unspecified atom stereocenters. The molecule has 1 heterocycles. The fourth-order valence-corrected chi connectivity index (χ4v) is 5.37. The van der Waals surface area contributed by atoms with Crippen molar-refractivity contribution in [3.05, 3.63) is 59.9 Å². The van der Waals surface area contributed by atoms with E-state index in [4.69, 9.17) is 4.74 Å². The van der Waals surface area contributed by atoms with Crippen molar-refractivity contribution >= 4 is 15.9 Å². The van der Waals surface area contributed by atoms with Crippen molar-refractivity contribution < 1.29 is 22.3 Å². The molecule has 0 aromatic heterocycles. The van der Waals surface area contributed by atoms with Crippen LogP contribution in [0.1, 0.15) is 31.4 Å². The van der Waals surface area contributed by atoms with Crippen LogP contribution in [0.2, 0.25) is 0 Å². The molecule has 3 rings (SSSR count). The molecule has 8 heteroatoms. The van der Waals surface area contributed by atoms with Gasteiger partial charge in [-0.15, -0.1) is 0 Å². The molecular formula is C22H27FN2O4S. The number of carbonyl (C=O) groups excluding carboxylic acids is 1. The zero-order valence-corrected chi connectivity index (χ0v) is 18.2. The second-order valence-corrected chi connectivity index (χ2v) is 9.38. The smallest absolute Gasteiger partial charge is 0.245 e. The zero-order chi connectivity index (χ0) is 21.9. The minimum Gasteiger partial charge on any atom is -0.496 e. The molecule has 0 spiro atoms. The standard InChI is InChI=1S/C22H27FN2O4S/c1-16(18-8-4-6-10-20(18)29-3)24(2)22(26)17-12-14-25(15-13-17)30(27,28)21-11-7-5-9-19(21)23/h4-11,16-17H,12-15H2,1-3H3. The third-order valence-electron chi connectivity index (χ3n) is 5.78. The number of nitrogens with zero attached hydrogens (tertiary/aromatic N) is 2. The van der Waals surface area contributed by atoms with Gasteiger partial charge in [0.25, 0.3) is 0 Å². The number of halogens is 1. The molecule has 1 aliphatic rings. The van der Waals surface area contributed by atoms with Gasteiger partial charge in [-0.3, -0.25) is 4.79 Å². The largest absolute Gasteiger partial charge is 0.496 e. The number of ether oxygens (including phenoxy) is 1. The van der Waals surface area contributed by atoms with E-state index in [2.05, 4.69) is 0 Å². The maximum atomic E-state index is 14.0. The number of amides is 1. The van der Waals surface area contributed by atoms with Crippen LogP contribution in [-0.2, 0) is 14.8 Å². The normalized spacial score (nSPS) is 16.8. The summed E-state index contributed by atoms with van der Waals surface area (Å²) in [6, 6.07) is 12.7. The van der Waals surface area contributed by atoms with Gasteiger partial charge in [0.1, 0.15) is 16.5 Å². The average Bonchev–Trinajstić information content (AvgIpc) is 2.77. The number of sulfonamides is 1. The second kappa shape index (κ2) is 9.14. The quantitative estimate of drug-likeness (QED) is 0.698. The molecule has 1 amide bonds. The third kappa shape index (κ3) is 4.34.